The first-order chi connectivity index (χ1) is 11.5. The van der Waals surface area contributed by atoms with Gasteiger partial charge in [-0.2, -0.15) is 5.10 Å². The third kappa shape index (κ3) is 2.72. The van der Waals surface area contributed by atoms with Crippen LogP contribution in [0.3, 0.4) is 0 Å². The molecule has 0 unspecified atom stereocenters. The Morgan fingerprint density at radius 1 is 1.33 bits per heavy atom. The van der Waals surface area contributed by atoms with Crippen molar-refractivity contribution in [1.29, 1.82) is 0 Å². The molecule has 0 amide bonds. The zero-order valence-corrected chi connectivity index (χ0v) is 14.1. The molecule has 0 saturated heterocycles. The minimum atomic E-state index is 0.215. The van der Waals surface area contributed by atoms with Crippen molar-refractivity contribution >= 4 is 11.4 Å². The lowest BCUT2D eigenvalue weighted by molar-refractivity contribution is -0.119. The van der Waals surface area contributed by atoms with Crippen LogP contribution >= 0.6 is 0 Å². The van der Waals surface area contributed by atoms with E-state index in [9.17, 15) is 4.79 Å². The summed E-state index contributed by atoms with van der Waals surface area (Å²) in [5, 5.41) is 4.55. The summed E-state index contributed by atoms with van der Waals surface area (Å²) in [5.41, 5.74) is 2.02. The van der Waals surface area contributed by atoms with E-state index in [2.05, 4.69) is 28.9 Å². The van der Waals surface area contributed by atoms with Crippen LogP contribution in [0.15, 0.2) is 22.7 Å². The maximum Gasteiger partial charge on any atom is 0.185 e. The summed E-state index contributed by atoms with van der Waals surface area (Å²) in [6.45, 7) is 6.00. The lowest BCUT2D eigenvalue weighted by Gasteiger charge is -2.04. The second-order valence-electron chi connectivity index (χ2n) is 6.80. The topological polar surface area (TPSA) is 73.3 Å². The molecule has 0 atom stereocenters. The van der Waals surface area contributed by atoms with Gasteiger partial charge in [-0.1, -0.05) is 13.8 Å². The Labute approximate surface area is 139 Å². The monoisotopic (exact) mass is 324 g/mol. The van der Waals surface area contributed by atoms with Gasteiger partial charge in [-0.25, -0.2) is 14.5 Å². The maximum absolute atomic E-state index is 12.2. The van der Waals surface area contributed by atoms with Crippen LogP contribution in [0.5, 0.6) is 0 Å². The van der Waals surface area contributed by atoms with E-state index in [1.54, 1.807) is 4.52 Å². The van der Waals surface area contributed by atoms with Crippen molar-refractivity contribution in [2.24, 2.45) is 5.92 Å². The van der Waals surface area contributed by atoms with Gasteiger partial charge in [0.2, 0.25) is 0 Å². The molecule has 6 heteroatoms. The molecule has 0 spiro atoms. The van der Waals surface area contributed by atoms with Crippen LogP contribution in [-0.2, 0) is 11.2 Å². The average molecular weight is 324 g/mol. The third-order valence-corrected chi connectivity index (χ3v) is 4.26. The molecule has 1 saturated carbocycles. The van der Waals surface area contributed by atoms with Crippen LogP contribution in [0.2, 0.25) is 0 Å². The van der Waals surface area contributed by atoms with Crippen LogP contribution in [0.25, 0.3) is 17.1 Å². The van der Waals surface area contributed by atoms with Gasteiger partial charge < -0.3 is 4.42 Å². The number of ketones is 1. The Morgan fingerprint density at radius 3 is 2.75 bits per heavy atom. The highest BCUT2D eigenvalue weighted by Crippen LogP contribution is 2.31. The maximum atomic E-state index is 12.2. The summed E-state index contributed by atoms with van der Waals surface area (Å²) < 4.78 is 7.47. The Kier molecular flexibility index (Phi) is 3.48. The van der Waals surface area contributed by atoms with Gasteiger partial charge in [0.05, 0.1) is 18.3 Å². The van der Waals surface area contributed by atoms with Crippen molar-refractivity contribution in [3.8, 4) is 11.5 Å². The molecule has 0 radical (unpaired) electrons. The van der Waals surface area contributed by atoms with Crippen molar-refractivity contribution in [2.45, 2.75) is 46.0 Å². The molecule has 3 heterocycles. The Balaban J connectivity index is 1.84. The van der Waals surface area contributed by atoms with E-state index in [0.29, 0.717) is 29.2 Å². The van der Waals surface area contributed by atoms with Gasteiger partial charge in [-0.3, -0.25) is 4.79 Å². The number of carbonyl (C=O) groups excluding carboxylic acids is 1. The second-order valence-corrected chi connectivity index (χ2v) is 6.80. The predicted octanol–water partition coefficient (Wildman–Crippen LogP) is 3.34. The lowest BCUT2D eigenvalue weighted by Crippen LogP contribution is -2.08. The van der Waals surface area contributed by atoms with E-state index in [1.165, 1.54) is 0 Å². The quantitative estimate of drug-likeness (QED) is 0.719. The Morgan fingerprint density at radius 2 is 2.12 bits per heavy atom. The van der Waals surface area contributed by atoms with Crippen molar-refractivity contribution < 1.29 is 9.21 Å². The smallest absolute Gasteiger partial charge is 0.185 e. The molecule has 0 N–H and O–H groups in total. The third-order valence-electron chi connectivity index (χ3n) is 4.26. The van der Waals surface area contributed by atoms with Gasteiger partial charge in [0.1, 0.15) is 11.5 Å². The lowest BCUT2D eigenvalue weighted by atomic mass is 10.1. The summed E-state index contributed by atoms with van der Waals surface area (Å²) in [6.07, 6.45) is 4.16. The number of nitrogens with zero attached hydrogens (tertiary/aromatic N) is 4. The van der Waals surface area contributed by atoms with Crippen LogP contribution in [0, 0.1) is 12.8 Å². The fourth-order valence-electron chi connectivity index (χ4n) is 2.74. The molecule has 1 aliphatic rings. The summed E-state index contributed by atoms with van der Waals surface area (Å²) in [7, 11) is 0. The minimum Gasteiger partial charge on any atom is -0.460 e. The Bertz CT molecular complexity index is 918. The van der Waals surface area contributed by atoms with E-state index in [4.69, 9.17) is 4.42 Å². The molecule has 3 aromatic heterocycles. The number of Topliss-reactive ketones (excluding diaryl/α,β-unsaturated/α-hetero) is 1. The van der Waals surface area contributed by atoms with Crippen LogP contribution in [0.4, 0.5) is 0 Å². The van der Waals surface area contributed by atoms with Crippen molar-refractivity contribution in [3.05, 3.63) is 35.6 Å². The fourth-order valence-corrected chi connectivity index (χ4v) is 2.74. The van der Waals surface area contributed by atoms with E-state index in [-0.39, 0.29) is 17.6 Å². The van der Waals surface area contributed by atoms with E-state index < -0.39 is 0 Å². The Hall–Kier alpha value is -2.50. The molecule has 124 valence electrons. The fraction of sp³-hybridized carbons (Fsp3) is 0.444. The summed E-state index contributed by atoms with van der Waals surface area (Å²) >= 11 is 0. The normalized spacial score (nSPS) is 14.7. The number of hydrogen-bond acceptors (Lipinski definition) is 5. The van der Waals surface area contributed by atoms with Gasteiger partial charge >= 0.3 is 0 Å². The highest BCUT2D eigenvalue weighted by molar-refractivity contribution is 5.85. The van der Waals surface area contributed by atoms with E-state index in [1.807, 2.05) is 25.3 Å². The molecule has 0 aliphatic heterocycles. The zero-order valence-electron chi connectivity index (χ0n) is 14.1. The number of aromatic nitrogens is 4. The molecule has 1 fully saturated rings. The molecule has 3 aromatic rings. The zero-order chi connectivity index (χ0) is 16.8. The van der Waals surface area contributed by atoms with Gasteiger partial charge in [-0.15, -0.1) is 0 Å². The number of hydrogen-bond donors (Lipinski definition) is 0. The van der Waals surface area contributed by atoms with Crippen LogP contribution in [-0.4, -0.2) is 25.4 Å². The average Bonchev–Trinajstić information content (AvgIpc) is 3.16. The predicted molar refractivity (Wildman–Crippen MR) is 88.7 cm³/mol. The second kappa shape index (κ2) is 5.54. The molecule has 24 heavy (non-hydrogen) atoms. The van der Waals surface area contributed by atoms with Gasteiger partial charge in [0.25, 0.3) is 0 Å². The standard InChI is InChI=1S/C18H20N4O2/c1-10(2)17-20-18-16(15-7-4-11(3)24-15)19-13(9-22(18)21-17)8-14(23)12-5-6-12/h4,7,9-10,12H,5-6,8H2,1-3H3. The largest absolute Gasteiger partial charge is 0.460 e. The number of fused-ring (bicyclic) bond motifs is 1. The summed E-state index contributed by atoms with van der Waals surface area (Å²) in [5.74, 6) is 2.92. The number of carbonyl (C=O) groups is 1. The molecule has 0 aromatic carbocycles. The summed E-state index contributed by atoms with van der Waals surface area (Å²) in [4.78, 5) is 21.4. The molecular formula is C18H20N4O2. The molecule has 0 bridgehead atoms. The van der Waals surface area contributed by atoms with Crippen LogP contribution < -0.4 is 0 Å². The first kappa shape index (κ1) is 15.1. The van der Waals surface area contributed by atoms with Crippen molar-refractivity contribution in [1.82, 2.24) is 19.6 Å². The highest BCUT2D eigenvalue weighted by Gasteiger charge is 2.30. The number of aryl methyl sites for hydroxylation is 1. The number of furan rings is 1. The molecule has 1 aliphatic carbocycles. The van der Waals surface area contributed by atoms with Gasteiger partial charge in [0, 0.05) is 11.8 Å². The van der Waals surface area contributed by atoms with Crippen molar-refractivity contribution in [3.63, 3.8) is 0 Å². The molecule has 4 rings (SSSR count). The van der Waals surface area contributed by atoms with E-state index in [0.717, 1.165) is 24.4 Å². The van der Waals surface area contributed by atoms with Gasteiger partial charge in [0.15, 0.2) is 22.9 Å². The molecule has 6 nitrogen and oxygen atoms in total. The SMILES string of the molecule is Cc1ccc(-c2nc(CC(=O)C3CC3)cn3nc(C(C)C)nc23)o1. The summed E-state index contributed by atoms with van der Waals surface area (Å²) in [6, 6.07) is 3.78. The van der Waals surface area contributed by atoms with Crippen molar-refractivity contribution in [2.75, 3.05) is 0 Å². The van der Waals surface area contributed by atoms with Crippen LogP contribution in [0.1, 0.15) is 49.9 Å². The first-order valence-corrected chi connectivity index (χ1v) is 8.37. The van der Waals surface area contributed by atoms with Gasteiger partial charge in [-0.05, 0) is 31.9 Å². The van der Waals surface area contributed by atoms with E-state index >= 15 is 0 Å². The first-order valence-electron chi connectivity index (χ1n) is 8.37. The highest BCUT2D eigenvalue weighted by atomic mass is 16.3. The minimum absolute atomic E-state index is 0.215. The number of rotatable bonds is 5. The molecular weight excluding hydrogens is 304 g/mol.